The van der Waals surface area contributed by atoms with Crippen LogP contribution in [0.25, 0.3) is 11.0 Å². The van der Waals surface area contributed by atoms with Crippen molar-refractivity contribution in [3.8, 4) is 0 Å². The predicted octanol–water partition coefficient (Wildman–Crippen LogP) is 3.22. The SMILES string of the molecule is CC(C)c1nc2cn(C)cc2nc1C(C)C. The van der Waals surface area contributed by atoms with Crippen LogP contribution >= 0.6 is 0 Å². The van der Waals surface area contributed by atoms with Crippen molar-refractivity contribution < 1.29 is 0 Å². The number of hydrogen-bond donors (Lipinski definition) is 0. The Balaban J connectivity index is 2.70. The van der Waals surface area contributed by atoms with Crippen molar-refractivity contribution in [2.45, 2.75) is 39.5 Å². The molecule has 0 radical (unpaired) electrons. The van der Waals surface area contributed by atoms with Crippen LogP contribution in [0, 0.1) is 0 Å². The van der Waals surface area contributed by atoms with Gasteiger partial charge in [-0.1, -0.05) is 27.7 Å². The summed E-state index contributed by atoms with van der Waals surface area (Å²) in [6, 6.07) is 0. The Hall–Kier alpha value is -1.38. The van der Waals surface area contributed by atoms with E-state index in [9.17, 15) is 0 Å². The lowest BCUT2D eigenvalue weighted by molar-refractivity contribution is 0.738. The zero-order valence-electron chi connectivity index (χ0n) is 10.7. The van der Waals surface area contributed by atoms with E-state index < -0.39 is 0 Å². The standard InChI is InChI=1S/C13H19N3/c1-8(2)12-13(9(3)4)15-11-7-16(5)6-10(11)14-12/h6-9H,1-5H3. The van der Waals surface area contributed by atoms with Gasteiger partial charge in [0.25, 0.3) is 0 Å². The first-order valence-corrected chi connectivity index (χ1v) is 5.82. The van der Waals surface area contributed by atoms with E-state index in [2.05, 4.69) is 27.7 Å². The van der Waals surface area contributed by atoms with Gasteiger partial charge >= 0.3 is 0 Å². The second-order valence-corrected chi connectivity index (χ2v) is 5.00. The molecule has 0 bridgehead atoms. The van der Waals surface area contributed by atoms with E-state index in [4.69, 9.17) is 9.97 Å². The molecule has 2 aromatic rings. The highest BCUT2D eigenvalue weighted by molar-refractivity contribution is 5.74. The van der Waals surface area contributed by atoms with E-state index in [0.29, 0.717) is 11.8 Å². The molecule has 0 atom stereocenters. The van der Waals surface area contributed by atoms with Crippen molar-refractivity contribution >= 4 is 11.0 Å². The molecule has 3 nitrogen and oxygen atoms in total. The first-order valence-electron chi connectivity index (χ1n) is 5.82. The minimum Gasteiger partial charge on any atom is -0.353 e. The van der Waals surface area contributed by atoms with E-state index in [1.54, 1.807) is 0 Å². The maximum absolute atomic E-state index is 4.73. The molecule has 16 heavy (non-hydrogen) atoms. The summed E-state index contributed by atoms with van der Waals surface area (Å²) in [5, 5.41) is 0. The summed E-state index contributed by atoms with van der Waals surface area (Å²) in [5.41, 5.74) is 4.26. The quantitative estimate of drug-likeness (QED) is 0.773. The molecule has 2 aromatic heterocycles. The number of aryl methyl sites for hydroxylation is 1. The van der Waals surface area contributed by atoms with Gasteiger partial charge in [0.2, 0.25) is 0 Å². The van der Waals surface area contributed by atoms with E-state index in [1.807, 2.05) is 24.0 Å². The van der Waals surface area contributed by atoms with E-state index in [0.717, 1.165) is 22.4 Å². The van der Waals surface area contributed by atoms with Gasteiger partial charge in [-0.25, -0.2) is 9.97 Å². The molecule has 0 fully saturated rings. The summed E-state index contributed by atoms with van der Waals surface area (Å²) in [6.07, 6.45) is 4.05. The maximum atomic E-state index is 4.73. The first-order chi connectivity index (χ1) is 7.49. The number of rotatable bonds is 2. The summed E-state index contributed by atoms with van der Waals surface area (Å²) in [7, 11) is 2.01. The second kappa shape index (κ2) is 3.89. The predicted molar refractivity (Wildman–Crippen MR) is 66.7 cm³/mol. The Kier molecular flexibility index (Phi) is 2.70. The third-order valence-corrected chi connectivity index (χ3v) is 2.75. The topological polar surface area (TPSA) is 30.7 Å². The van der Waals surface area contributed by atoms with Crippen molar-refractivity contribution in [1.82, 2.24) is 14.5 Å². The van der Waals surface area contributed by atoms with Crippen molar-refractivity contribution in [3.63, 3.8) is 0 Å². The van der Waals surface area contributed by atoms with Gasteiger partial charge in [0.1, 0.15) is 11.0 Å². The van der Waals surface area contributed by atoms with Crippen LogP contribution in [-0.4, -0.2) is 14.5 Å². The van der Waals surface area contributed by atoms with Crippen LogP contribution in [0.1, 0.15) is 50.9 Å². The van der Waals surface area contributed by atoms with Gasteiger partial charge in [0.05, 0.1) is 11.4 Å². The Labute approximate surface area is 96.5 Å². The average Bonchev–Trinajstić information content (AvgIpc) is 2.54. The molecule has 0 unspecified atom stereocenters. The fourth-order valence-corrected chi connectivity index (χ4v) is 1.95. The second-order valence-electron chi connectivity index (χ2n) is 5.00. The largest absolute Gasteiger partial charge is 0.353 e. The third kappa shape index (κ3) is 1.82. The minimum atomic E-state index is 0.425. The average molecular weight is 217 g/mol. The number of aromatic nitrogens is 3. The Bertz CT molecular complexity index is 464. The molecule has 0 N–H and O–H groups in total. The molecule has 0 aliphatic heterocycles. The van der Waals surface area contributed by atoms with Crippen molar-refractivity contribution in [2.24, 2.45) is 7.05 Å². The van der Waals surface area contributed by atoms with Crippen LogP contribution in [0.2, 0.25) is 0 Å². The molecule has 0 aliphatic rings. The molecule has 0 aromatic carbocycles. The maximum Gasteiger partial charge on any atom is 0.107 e. The summed E-state index contributed by atoms with van der Waals surface area (Å²) >= 11 is 0. The van der Waals surface area contributed by atoms with Gasteiger partial charge in [0, 0.05) is 19.4 Å². The lowest BCUT2D eigenvalue weighted by Gasteiger charge is -2.13. The van der Waals surface area contributed by atoms with Crippen LogP contribution in [-0.2, 0) is 7.05 Å². The van der Waals surface area contributed by atoms with Crippen LogP contribution < -0.4 is 0 Å². The molecule has 2 rings (SSSR count). The number of fused-ring (bicyclic) bond motifs is 1. The summed E-state index contributed by atoms with van der Waals surface area (Å²) < 4.78 is 2.01. The highest BCUT2D eigenvalue weighted by Gasteiger charge is 2.15. The Morgan fingerprint density at radius 2 is 1.25 bits per heavy atom. The lowest BCUT2D eigenvalue weighted by Crippen LogP contribution is -2.04. The van der Waals surface area contributed by atoms with Crippen molar-refractivity contribution in [1.29, 1.82) is 0 Å². The molecular weight excluding hydrogens is 198 g/mol. The molecular formula is C13H19N3. The van der Waals surface area contributed by atoms with Gasteiger partial charge in [-0.05, 0) is 11.8 Å². The Morgan fingerprint density at radius 3 is 1.56 bits per heavy atom. The molecule has 3 heteroatoms. The Morgan fingerprint density at radius 1 is 0.875 bits per heavy atom. The molecule has 0 amide bonds. The summed E-state index contributed by atoms with van der Waals surface area (Å²) in [6.45, 7) is 8.69. The van der Waals surface area contributed by atoms with E-state index in [1.165, 1.54) is 0 Å². The van der Waals surface area contributed by atoms with Gasteiger partial charge in [0.15, 0.2) is 0 Å². The van der Waals surface area contributed by atoms with Gasteiger partial charge in [-0.15, -0.1) is 0 Å². The zero-order chi connectivity index (χ0) is 11.9. The van der Waals surface area contributed by atoms with Crippen LogP contribution in [0.3, 0.4) is 0 Å². The fourth-order valence-electron chi connectivity index (χ4n) is 1.95. The summed E-state index contributed by atoms with van der Waals surface area (Å²) in [4.78, 5) is 9.47. The molecule has 0 saturated heterocycles. The highest BCUT2D eigenvalue weighted by Crippen LogP contribution is 2.25. The number of hydrogen-bond acceptors (Lipinski definition) is 2. The van der Waals surface area contributed by atoms with E-state index >= 15 is 0 Å². The normalized spacial score (nSPS) is 11.9. The smallest absolute Gasteiger partial charge is 0.107 e. The highest BCUT2D eigenvalue weighted by atomic mass is 15.0. The van der Waals surface area contributed by atoms with Crippen molar-refractivity contribution in [2.75, 3.05) is 0 Å². The lowest BCUT2D eigenvalue weighted by atomic mass is 10.0. The molecule has 86 valence electrons. The van der Waals surface area contributed by atoms with Crippen molar-refractivity contribution in [3.05, 3.63) is 23.8 Å². The fraction of sp³-hybridized carbons (Fsp3) is 0.538. The van der Waals surface area contributed by atoms with Gasteiger partial charge in [-0.3, -0.25) is 0 Å². The molecule has 0 aliphatic carbocycles. The minimum absolute atomic E-state index is 0.425. The first kappa shape index (κ1) is 11.1. The van der Waals surface area contributed by atoms with Crippen LogP contribution in [0.4, 0.5) is 0 Å². The van der Waals surface area contributed by atoms with Gasteiger partial charge < -0.3 is 4.57 Å². The monoisotopic (exact) mass is 217 g/mol. The zero-order valence-corrected chi connectivity index (χ0v) is 10.7. The molecule has 0 spiro atoms. The third-order valence-electron chi connectivity index (χ3n) is 2.75. The number of nitrogens with zero attached hydrogens (tertiary/aromatic N) is 3. The molecule has 2 heterocycles. The van der Waals surface area contributed by atoms with E-state index in [-0.39, 0.29) is 0 Å². The van der Waals surface area contributed by atoms with Gasteiger partial charge in [-0.2, -0.15) is 0 Å². The summed E-state index contributed by atoms with van der Waals surface area (Å²) in [5.74, 6) is 0.851. The van der Waals surface area contributed by atoms with Crippen LogP contribution in [0.15, 0.2) is 12.4 Å². The molecule has 0 saturated carbocycles. The van der Waals surface area contributed by atoms with Crippen LogP contribution in [0.5, 0.6) is 0 Å².